The average Bonchev–Trinajstić information content (AvgIpc) is 3.30. The third-order valence-corrected chi connectivity index (χ3v) is 6.35. The smallest absolute Gasteiger partial charge is 0.271 e. The van der Waals surface area contributed by atoms with Gasteiger partial charge in [-0.2, -0.15) is 0 Å². The van der Waals surface area contributed by atoms with Crippen LogP contribution in [-0.2, 0) is 17.8 Å². The quantitative estimate of drug-likeness (QED) is 0.542. The molecule has 7 heteroatoms. The van der Waals surface area contributed by atoms with Gasteiger partial charge in [-0.3, -0.25) is 9.59 Å². The van der Waals surface area contributed by atoms with Gasteiger partial charge in [0.25, 0.3) is 5.91 Å². The third-order valence-electron chi connectivity index (χ3n) is 5.53. The number of hydrogen-bond acceptors (Lipinski definition) is 5. The molecular formula is C25H27N3O3S. The third kappa shape index (κ3) is 6.17. The van der Waals surface area contributed by atoms with Crippen LogP contribution in [0.1, 0.15) is 46.7 Å². The van der Waals surface area contributed by atoms with Crippen LogP contribution in [0.5, 0.6) is 5.75 Å². The molecule has 0 aliphatic heterocycles. The van der Waals surface area contributed by atoms with Crippen molar-refractivity contribution in [3.8, 4) is 5.75 Å². The number of thiazole rings is 1. The molecule has 2 amide bonds. The van der Waals surface area contributed by atoms with Crippen LogP contribution in [-0.4, -0.2) is 28.9 Å². The van der Waals surface area contributed by atoms with E-state index in [1.54, 1.807) is 5.38 Å². The minimum absolute atomic E-state index is 0.0173. The van der Waals surface area contributed by atoms with Gasteiger partial charge in [0.15, 0.2) is 0 Å². The second-order valence-corrected chi connectivity index (χ2v) is 8.87. The fourth-order valence-electron chi connectivity index (χ4n) is 3.90. The minimum atomic E-state index is -0.207. The molecule has 2 aromatic carbocycles. The fourth-order valence-corrected chi connectivity index (χ4v) is 4.59. The molecule has 4 rings (SSSR count). The predicted molar refractivity (Wildman–Crippen MR) is 125 cm³/mol. The van der Waals surface area contributed by atoms with Gasteiger partial charge in [0.2, 0.25) is 5.91 Å². The highest BCUT2D eigenvalue weighted by Crippen LogP contribution is 2.20. The van der Waals surface area contributed by atoms with Gasteiger partial charge >= 0.3 is 0 Å². The van der Waals surface area contributed by atoms with E-state index in [1.165, 1.54) is 11.3 Å². The summed E-state index contributed by atoms with van der Waals surface area (Å²) < 4.78 is 5.71. The van der Waals surface area contributed by atoms with E-state index in [0.717, 1.165) is 42.0 Å². The maximum Gasteiger partial charge on any atom is 0.271 e. The molecule has 1 fully saturated rings. The van der Waals surface area contributed by atoms with Gasteiger partial charge in [-0.05, 0) is 30.5 Å². The lowest BCUT2D eigenvalue weighted by molar-refractivity contribution is -0.121. The zero-order chi connectivity index (χ0) is 22.2. The average molecular weight is 450 g/mol. The van der Waals surface area contributed by atoms with Crippen LogP contribution in [0, 0.1) is 0 Å². The molecule has 0 radical (unpaired) electrons. The Balaban J connectivity index is 1.31. The van der Waals surface area contributed by atoms with Crippen molar-refractivity contribution >= 4 is 23.2 Å². The highest BCUT2D eigenvalue weighted by atomic mass is 32.1. The summed E-state index contributed by atoms with van der Waals surface area (Å²) in [7, 11) is 0. The standard InChI is InChI=1S/C25H27N3O3S/c29-23(15-18-9-3-1-4-10-18)26-20-13-7-8-14-21(20)28-25(30)22-17-32-24(27-22)16-31-19-11-5-2-6-12-19/h1-6,9-12,17,20-21H,7-8,13-16H2,(H,26,29)(H,28,30)/t20-,21-/m0/s1. The van der Waals surface area contributed by atoms with E-state index in [9.17, 15) is 9.59 Å². The Morgan fingerprint density at radius 1 is 0.938 bits per heavy atom. The lowest BCUT2D eigenvalue weighted by atomic mass is 9.90. The molecule has 32 heavy (non-hydrogen) atoms. The van der Waals surface area contributed by atoms with Crippen molar-refractivity contribution in [3.05, 3.63) is 82.3 Å². The van der Waals surface area contributed by atoms with Crippen molar-refractivity contribution in [2.75, 3.05) is 0 Å². The van der Waals surface area contributed by atoms with E-state index in [2.05, 4.69) is 15.6 Å². The summed E-state index contributed by atoms with van der Waals surface area (Å²) in [6.07, 6.45) is 4.12. The lowest BCUT2D eigenvalue weighted by Gasteiger charge is -2.32. The van der Waals surface area contributed by atoms with Crippen LogP contribution in [0.4, 0.5) is 0 Å². The maximum atomic E-state index is 12.8. The zero-order valence-electron chi connectivity index (χ0n) is 17.8. The predicted octanol–water partition coefficient (Wildman–Crippen LogP) is 4.12. The number of nitrogens with one attached hydrogen (secondary N) is 2. The topological polar surface area (TPSA) is 80.3 Å². The molecule has 0 bridgehead atoms. The number of amides is 2. The number of hydrogen-bond donors (Lipinski definition) is 2. The number of rotatable bonds is 8. The van der Waals surface area contributed by atoms with Crippen LogP contribution in [0.3, 0.4) is 0 Å². The number of ether oxygens (including phenoxy) is 1. The second-order valence-electron chi connectivity index (χ2n) is 7.93. The van der Waals surface area contributed by atoms with Gasteiger partial charge in [0, 0.05) is 17.5 Å². The van der Waals surface area contributed by atoms with Crippen molar-refractivity contribution in [2.24, 2.45) is 0 Å². The highest BCUT2D eigenvalue weighted by Gasteiger charge is 2.28. The molecule has 6 nitrogen and oxygen atoms in total. The Morgan fingerprint density at radius 2 is 1.59 bits per heavy atom. The molecule has 1 heterocycles. The number of carbonyl (C=O) groups is 2. The molecule has 1 aliphatic carbocycles. The summed E-state index contributed by atoms with van der Waals surface area (Å²) in [6.45, 7) is 0.323. The molecule has 0 spiro atoms. The van der Waals surface area contributed by atoms with Crippen LogP contribution < -0.4 is 15.4 Å². The molecule has 1 saturated carbocycles. The summed E-state index contributed by atoms with van der Waals surface area (Å²) in [5.74, 6) is 0.544. The second kappa shape index (κ2) is 10.9. The van der Waals surface area contributed by atoms with E-state index in [1.807, 2.05) is 60.7 Å². The van der Waals surface area contributed by atoms with Crippen LogP contribution in [0.25, 0.3) is 0 Å². The Bertz CT molecular complexity index is 1020. The van der Waals surface area contributed by atoms with Gasteiger partial charge in [0.05, 0.1) is 6.42 Å². The largest absolute Gasteiger partial charge is 0.486 e. The molecule has 166 valence electrons. The fraction of sp³-hybridized carbons (Fsp3) is 0.320. The number of para-hydroxylation sites is 1. The van der Waals surface area contributed by atoms with E-state index < -0.39 is 0 Å². The highest BCUT2D eigenvalue weighted by molar-refractivity contribution is 7.09. The van der Waals surface area contributed by atoms with E-state index >= 15 is 0 Å². The minimum Gasteiger partial charge on any atom is -0.486 e. The SMILES string of the molecule is O=C(Cc1ccccc1)N[C@H]1CCCC[C@@H]1NC(=O)c1csc(COc2ccccc2)n1. The van der Waals surface area contributed by atoms with Gasteiger partial charge in [-0.25, -0.2) is 4.98 Å². The van der Waals surface area contributed by atoms with Gasteiger partial charge in [-0.1, -0.05) is 61.4 Å². The summed E-state index contributed by atoms with van der Waals surface area (Å²) >= 11 is 1.41. The molecule has 0 saturated heterocycles. The monoisotopic (exact) mass is 449 g/mol. The van der Waals surface area contributed by atoms with Crippen molar-refractivity contribution < 1.29 is 14.3 Å². The number of nitrogens with zero attached hydrogens (tertiary/aromatic N) is 1. The molecular weight excluding hydrogens is 422 g/mol. The number of benzene rings is 2. The lowest BCUT2D eigenvalue weighted by Crippen LogP contribution is -2.53. The molecule has 2 atom stereocenters. The van der Waals surface area contributed by atoms with Crippen LogP contribution in [0.15, 0.2) is 66.0 Å². The van der Waals surface area contributed by atoms with Crippen LogP contribution in [0.2, 0.25) is 0 Å². The molecule has 0 unspecified atom stereocenters. The number of carbonyl (C=O) groups excluding carboxylic acids is 2. The maximum absolute atomic E-state index is 12.8. The first-order chi connectivity index (χ1) is 15.7. The van der Waals surface area contributed by atoms with Gasteiger partial charge in [0.1, 0.15) is 23.1 Å². The van der Waals surface area contributed by atoms with Crippen LogP contribution >= 0.6 is 11.3 Å². The van der Waals surface area contributed by atoms with Gasteiger partial charge in [-0.15, -0.1) is 11.3 Å². The Kier molecular flexibility index (Phi) is 7.51. The Labute approximate surface area is 192 Å². The van der Waals surface area contributed by atoms with Gasteiger partial charge < -0.3 is 15.4 Å². The van der Waals surface area contributed by atoms with Crippen molar-refractivity contribution in [3.63, 3.8) is 0 Å². The molecule has 3 aromatic rings. The summed E-state index contributed by atoms with van der Waals surface area (Å²) in [5, 5.41) is 8.72. The number of aromatic nitrogens is 1. The first kappa shape index (κ1) is 22.0. The summed E-state index contributed by atoms with van der Waals surface area (Å²) in [6, 6.07) is 19.1. The van der Waals surface area contributed by atoms with Crippen molar-refractivity contribution in [2.45, 2.75) is 50.8 Å². The van der Waals surface area contributed by atoms with E-state index in [-0.39, 0.29) is 23.9 Å². The molecule has 1 aliphatic rings. The Morgan fingerprint density at radius 3 is 2.31 bits per heavy atom. The Hall–Kier alpha value is -3.19. The normalized spacial score (nSPS) is 18.0. The zero-order valence-corrected chi connectivity index (χ0v) is 18.6. The summed E-state index contributed by atoms with van der Waals surface area (Å²) in [5.41, 5.74) is 1.37. The van der Waals surface area contributed by atoms with Crippen molar-refractivity contribution in [1.82, 2.24) is 15.6 Å². The summed E-state index contributed by atoms with van der Waals surface area (Å²) in [4.78, 5) is 29.8. The first-order valence-corrected chi connectivity index (χ1v) is 11.8. The molecule has 2 N–H and O–H groups in total. The molecule has 1 aromatic heterocycles. The van der Waals surface area contributed by atoms with Crippen molar-refractivity contribution in [1.29, 1.82) is 0 Å². The van der Waals surface area contributed by atoms with E-state index in [0.29, 0.717) is 18.7 Å². The van der Waals surface area contributed by atoms with E-state index in [4.69, 9.17) is 4.74 Å². The first-order valence-electron chi connectivity index (χ1n) is 10.9.